The Morgan fingerprint density at radius 1 is 1.25 bits per heavy atom. The van der Waals surface area contributed by atoms with Crippen LogP contribution >= 0.6 is 0 Å². The molecule has 3 atom stereocenters. The van der Waals surface area contributed by atoms with E-state index in [2.05, 4.69) is 55.3 Å². The molecule has 2 aromatic rings. The van der Waals surface area contributed by atoms with Gasteiger partial charge in [0, 0.05) is 23.2 Å². The van der Waals surface area contributed by atoms with Crippen LogP contribution in [0, 0.1) is 5.41 Å². The maximum atomic E-state index is 3.69. The highest BCUT2D eigenvalue weighted by molar-refractivity contribution is 5.85. The highest BCUT2D eigenvalue weighted by Gasteiger charge is 2.44. The van der Waals surface area contributed by atoms with E-state index < -0.39 is 0 Å². The van der Waals surface area contributed by atoms with Crippen LogP contribution in [0.1, 0.15) is 63.3 Å². The van der Waals surface area contributed by atoms with Crippen LogP contribution in [-0.2, 0) is 0 Å². The Balaban J connectivity index is 1.86. The lowest BCUT2D eigenvalue weighted by Gasteiger charge is -2.43. The molecule has 0 unspecified atom stereocenters. The molecule has 1 aromatic carbocycles. The molecule has 2 nitrogen and oxygen atoms in total. The van der Waals surface area contributed by atoms with Gasteiger partial charge in [-0.1, -0.05) is 32.0 Å². The number of fused-ring (bicyclic) bond motifs is 5. The van der Waals surface area contributed by atoms with Crippen LogP contribution in [0.25, 0.3) is 10.9 Å². The summed E-state index contributed by atoms with van der Waals surface area (Å²) in [5.41, 5.74) is 4.95. The van der Waals surface area contributed by atoms with Gasteiger partial charge in [0.25, 0.3) is 0 Å². The molecular formula is C18H25N2+. The fourth-order valence-electron chi connectivity index (χ4n) is 4.61. The molecule has 1 aliphatic heterocycles. The van der Waals surface area contributed by atoms with Crippen LogP contribution in [0.2, 0.25) is 0 Å². The summed E-state index contributed by atoms with van der Waals surface area (Å²) in [5.74, 6) is 0.741. The number of aromatic amines is 1. The maximum Gasteiger partial charge on any atom is 0.124 e. The predicted octanol–water partition coefficient (Wildman–Crippen LogP) is 3.47. The fraction of sp³-hybridized carbons (Fsp3) is 0.556. The molecule has 1 fully saturated rings. The number of quaternary nitrogens is 1. The Labute approximate surface area is 121 Å². The number of nitrogens with one attached hydrogen (secondary N) is 1. The molecule has 0 radical (unpaired) electrons. The summed E-state index contributed by atoms with van der Waals surface area (Å²) in [6, 6.07) is 10.2. The quantitative estimate of drug-likeness (QED) is 0.734. The van der Waals surface area contributed by atoms with Gasteiger partial charge in [0.15, 0.2) is 0 Å². The van der Waals surface area contributed by atoms with Crippen molar-refractivity contribution in [1.29, 1.82) is 0 Å². The SMILES string of the molecule is C[C@@H]1[NH2+][C@H]2CC(C)(C)CC[C@H]2c2c1[nH]c1ccccc21. The maximum absolute atomic E-state index is 3.69. The van der Waals surface area contributed by atoms with Gasteiger partial charge in [-0.2, -0.15) is 0 Å². The molecule has 3 N–H and O–H groups in total. The summed E-state index contributed by atoms with van der Waals surface area (Å²) in [7, 11) is 0. The Morgan fingerprint density at radius 2 is 2.05 bits per heavy atom. The summed E-state index contributed by atoms with van der Waals surface area (Å²) in [4.78, 5) is 3.69. The number of para-hydroxylation sites is 1. The zero-order valence-electron chi connectivity index (χ0n) is 12.7. The van der Waals surface area contributed by atoms with Gasteiger partial charge in [-0.25, -0.2) is 0 Å². The molecule has 20 heavy (non-hydrogen) atoms. The molecule has 1 saturated carbocycles. The largest absolute Gasteiger partial charge is 0.353 e. The topological polar surface area (TPSA) is 32.4 Å². The van der Waals surface area contributed by atoms with Crippen molar-refractivity contribution in [2.45, 2.75) is 58.0 Å². The highest BCUT2D eigenvalue weighted by Crippen LogP contribution is 2.46. The molecule has 2 aliphatic rings. The van der Waals surface area contributed by atoms with Gasteiger partial charge in [0.1, 0.15) is 6.04 Å². The van der Waals surface area contributed by atoms with E-state index in [0.717, 1.165) is 12.0 Å². The predicted molar refractivity (Wildman–Crippen MR) is 82.8 cm³/mol. The van der Waals surface area contributed by atoms with Crippen molar-refractivity contribution in [2.75, 3.05) is 0 Å². The van der Waals surface area contributed by atoms with Crippen molar-refractivity contribution >= 4 is 10.9 Å². The van der Waals surface area contributed by atoms with E-state index in [9.17, 15) is 0 Å². The minimum atomic E-state index is 0.515. The lowest BCUT2D eigenvalue weighted by Crippen LogP contribution is -2.93. The zero-order chi connectivity index (χ0) is 13.9. The van der Waals surface area contributed by atoms with Crippen LogP contribution in [0.4, 0.5) is 0 Å². The Morgan fingerprint density at radius 3 is 2.90 bits per heavy atom. The average molecular weight is 269 g/mol. The molecule has 0 spiro atoms. The van der Waals surface area contributed by atoms with Gasteiger partial charge in [-0.05, 0) is 36.8 Å². The van der Waals surface area contributed by atoms with Crippen LogP contribution in [-0.4, -0.2) is 11.0 Å². The standard InChI is InChI=1S/C18H24N2/c1-11-17-16(12-6-4-5-7-14(12)20-17)13-8-9-18(2,3)10-15(13)19-11/h4-7,11,13,15,19-20H,8-10H2,1-3H3/p+1/t11-,13+,15-/m0/s1. The minimum Gasteiger partial charge on any atom is -0.353 e. The molecular weight excluding hydrogens is 244 g/mol. The number of aromatic nitrogens is 1. The molecule has 0 bridgehead atoms. The molecule has 4 rings (SSSR count). The summed E-state index contributed by atoms with van der Waals surface area (Å²) in [6.45, 7) is 7.23. The molecule has 2 heterocycles. The number of benzene rings is 1. The van der Waals surface area contributed by atoms with E-state index in [-0.39, 0.29) is 0 Å². The number of nitrogens with two attached hydrogens (primary N) is 1. The number of hydrogen-bond donors (Lipinski definition) is 2. The Hall–Kier alpha value is -1.28. The summed E-state index contributed by atoms with van der Waals surface area (Å²) in [5, 5.41) is 4.08. The van der Waals surface area contributed by atoms with Gasteiger partial charge in [-0.15, -0.1) is 0 Å². The third kappa shape index (κ3) is 1.74. The first kappa shape index (κ1) is 12.5. The van der Waals surface area contributed by atoms with E-state index in [1.54, 1.807) is 5.56 Å². The minimum absolute atomic E-state index is 0.515. The van der Waals surface area contributed by atoms with E-state index in [1.165, 1.54) is 35.9 Å². The Bertz CT molecular complexity index is 652. The average Bonchev–Trinajstić information content (AvgIpc) is 2.78. The van der Waals surface area contributed by atoms with Gasteiger partial charge >= 0.3 is 0 Å². The van der Waals surface area contributed by atoms with Crippen molar-refractivity contribution in [3.63, 3.8) is 0 Å². The van der Waals surface area contributed by atoms with Gasteiger partial charge in [-0.3, -0.25) is 0 Å². The Kier molecular flexibility index (Phi) is 2.56. The third-order valence-electron chi connectivity index (χ3n) is 5.58. The van der Waals surface area contributed by atoms with E-state index in [4.69, 9.17) is 0 Å². The molecule has 1 aromatic heterocycles. The number of hydrogen-bond acceptors (Lipinski definition) is 0. The second-order valence-electron chi connectivity index (χ2n) is 7.66. The first-order valence-corrected chi connectivity index (χ1v) is 8.01. The summed E-state index contributed by atoms with van der Waals surface area (Å²) >= 11 is 0. The lowest BCUT2D eigenvalue weighted by molar-refractivity contribution is -0.735. The van der Waals surface area contributed by atoms with Crippen LogP contribution in [0.3, 0.4) is 0 Å². The van der Waals surface area contributed by atoms with Crippen LogP contribution in [0.15, 0.2) is 24.3 Å². The molecule has 0 amide bonds. The van der Waals surface area contributed by atoms with E-state index in [0.29, 0.717) is 11.5 Å². The summed E-state index contributed by atoms with van der Waals surface area (Å²) in [6.07, 6.45) is 4.05. The molecule has 106 valence electrons. The monoisotopic (exact) mass is 269 g/mol. The van der Waals surface area contributed by atoms with Crippen LogP contribution in [0.5, 0.6) is 0 Å². The highest BCUT2D eigenvalue weighted by atomic mass is 15.0. The first-order valence-electron chi connectivity index (χ1n) is 8.01. The van der Waals surface area contributed by atoms with Crippen molar-refractivity contribution in [3.05, 3.63) is 35.5 Å². The van der Waals surface area contributed by atoms with Gasteiger partial charge in [0.05, 0.1) is 11.7 Å². The number of H-pyrrole nitrogens is 1. The number of rotatable bonds is 0. The van der Waals surface area contributed by atoms with Crippen molar-refractivity contribution in [3.8, 4) is 0 Å². The summed E-state index contributed by atoms with van der Waals surface area (Å²) < 4.78 is 0. The van der Waals surface area contributed by atoms with Gasteiger partial charge in [0.2, 0.25) is 0 Å². The normalized spacial score (nSPS) is 31.9. The molecule has 1 aliphatic carbocycles. The third-order valence-corrected chi connectivity index (χ3v) is 5.58. The zero-order valence-corrected chi connectivity index (χ0v) is 12.7. The van der Waals surface area contributed by atoms with E-state index >= 15 is 0 Å². The van der Waals surface area contributed by atoms with Crippen molar-refractivity contribution in [1.82, 2.24) is 4.98 Å². The van der Waals surface area contributed by atoms with E-state index in [1.807, 2.05) is 0 Å². The van der Waals surface area contributed by atoms with Crippen molar-refractivity contribution in [2.24, 2.45) is 5.41 Å². The lowest BCUT2D eigenvalue weighted by atomic mass is 9.66. The van der Waals surface area contributed by atoms with Crippen LogP contribution < -0.4 is 5.32 Å². The van der Waals surface area contributed by atoms with Gasteiger partial charge < -0.3 is 10.3 Å². The molecule has 2 heteroatoms. The molecule has 0 saturated heterocycles. The second-order valence-corrected chi connectivity index (χ2v) is 7.66. The fourth-order valence-corrected chi connectivity index (χ4v) is 4.61. The second kappa shape index (κ2) is 4.11. The first-order chi connectivity index (χ1) is 9.55. The van der Waals surface area contributed by atoms with Crippen molar-refractivity contribution < 1.29 is 5.32 Å². The smallest absolute Gasteiger partial charge is 0.124 e.